The Kier molecular flexibility index (Phi) is 11.1. The summed E-state index contributed by atoms with van der Waals surface area (Å²) in [6.45, 7) is 3.31. The van der Waals surface area contributed by atoms with Crippen molar-refractivity contribution in [2.75, 3.05) is 7.05 Å². The summed E-state index contributed by atoms with van der Waals surface area (Å²) in [7, 11) is 2.21. The summed E-state index contributed by atoms with van der Waals surface area (Å²) in [5.41, 5.74) is 1.40. The summed E-state index contributed by atoms with van der Waals surface area (Å²) in [6.07, 6.45) is 23.4. The van der Waals surface area contributed by atoms with Gasteiger partial charge in [0.05, 0.1) is 0 Å². The van der Waals surface area contributed by atoms with Crippen LogP contribution >= 0.6 is 0 Å². The van der Waals surface area contributed by atoms with Gasteiger partial charge >= 0.3 is 0 Å². The molecule has 1 unspecified atom stereocenters. The quantitative estimate of drug-likeness (QED) is 0.298. The molecule has 1 aliphatic rings. The third-order valence-corrected chi connectivity index (χ3v) is 5.87. The topological polar surface area (TPSA) is 6.48 Å². The number of nitrogens with zero attached hydrogens (tertiary/aromatic N) is 2. The first kappa shape index (κ1) is 21.9. The van der Waals surface area contributed by atoms with Crippen molar-refractivity contribution in [3.8, 4) is 0 Å². The second-order valence-corrected chi connectivity index (χ2v) is 8.28. The molecule has 1 heterocycles. The Bertz CT molecular complexity index is 496. The molecule has 27 heavy (non-hydrogen) atoms. The van der Waals surface area contributed by atoms with Crippen LogP contribution in [0.1, 0.15) is 96.0 Å². The van der Waals surface area contributed by atoms with E-state index in [9.17, 15) is 0 Å². The average Bonchev–Trinajstić information content (AvgIpc) is 3.03. The van der Waals surface area contributed by atoms with Gasteiger partial charge in [-0.15, -0.1) is 0 Å². The fourth-order valence-electron chi connectivity index (χ4n) is 4.11. The summed E-state index contributed by atoms with van der Waals surface area (Å²) in [6, 6.07) is 10.8. The second kappa shape index (κ2) is 13.7. The molecule has 0 aromatic heterocycles. The minimum atomic E-state index is 0.535. The van der Waals surface area contributed by atoms with Gasteiger partial charge in [-0.1, -0.05) is 108 Å². The van der Waals surface area contributed by atoms with E-state index in [1.165, 1.54) is 89.0 Å². The number of unbranched alkanes of at least 4 members (excludes halogenated alkanes) is 11. The van der Waals surface area contributed by atoms with E-state index in [4.69, 9.17) is 0 Å². The molecule has 0 radical (unpaired) electrons. The predicted molar refractivity (Wildman–Crippen MR) is 118 cm³/mol. The molecule has 1 atom stereocenters. The van der Waals surface area contributed by atoms with Crippen LogP contribution in [0.5, 0.6) is 0 Å². The highest BCUT2D eigenvalue weighted by Crippen LogP contribution is 2.22. The fourth-order valence-corrected chi connectivity index (χ4v) is 4.11. The molecule has 0 spiro atoms. The van der Waals surface area contributed by atoms with Crippen LogP contribution in [0.3, 0.4) is 0 Å². The Balaban J connectivity index is 1.49. The fraction of sp³-hybridized carbons (Fsp3) is 0.680. The van der Waals surface area contributed by atoms with Crippen molar-refractivity contribution in [1.29, 1.82) is 0 Å². The van der Waals surface area contributed by atoms with Crippen LogP contribution in [0.4, 0.5) is 0 Å². The van der Waals surface area contributed by atoms with Crippen LogP contribution in [0.25, 0.3) is 0 Å². The Labute approximate surface area is 168 Å². The van der Waals surface area contributed by atoms with E-state index in [1.807, 2.05) is 0 Å². The Morgan fingerprint density at radius 2 is 1.26 bits per heavy atom. The lowest BCUT2D eigenvalue weighted by Crippen LogP contribution is -2.36. The largest absolute Gasteiger partial charge is 0.359 e. The molecule has 0 aliphatic carbocycles. The van der Waals surface area contributed by atoms with E-state index in [1.54, 1.807) is 0 Å². The maximum atomic E-state index is 2.49. The van der Waals surface area contributed by atoms with Crippen molar-refractivity contribution >= 4 is 0 Å². The van der Waals surface area contributed by atoms with Crippen LogP contribution in [0.2, 0.25) is 0 Å². The summed E-state index contributed by atoms with van der Waals surface area (Å²) in [5, 5.41) is 0. The van der Waals surface area contributed by atoms with E-state index in [0.717, 1.165) is 6.54 Å². The summed E-state index contributed by atoms with van der Waals surface area (Å²) < 4.78 is 0. The van der Waals surface area contributed by atoms with Crippen molar-refractivity contribution in [2.45, 2.75) is 103 Å². The first-order valence-corrected chi connectivity index (χ1v) is 11.5. The van der Waals surface area contributed by atoms with Crippen LogP contribution in [-0.2, 0) is 6.54 Å². The highest BCUT2D eigenvalue weighted by Gasteiger charge is 2.22. The summed E-state index contributed by atoms with van der Waals surface area (Å²) >= 11 is 0. The standard InChI is InChI=1S/C25H42N2/c1-3-4-5-6-7-8-9-10-11-12-13-17-20-25-26(2)21-22-27(25)23-24-18-15-14-16-19-24/h14-16,18-19,21-22,25H,3-13,17,20,23H2,1-2H3. The molecule has 2 rings (SSSR count). The molecule has 2 heteroatoms. The molecule has 1 aromatic rings. The minimum absolute atomic E-state index is 0.535. The maximum Gasteiger partial charge on any atom is 0.101 e. The SMILES string of the molecule is CCCCCCCCCCCCCCC1N(C)C=CN1Cc1ccccc1. The van der Waals surface area contributed by atoms with Crippen LogP contribution < -0.4 is 0 Å². The first-order valence-electron chi connectivity index (χ1n) is 11.5. The van der Waals surface area contributed by atoms with Crippen molar-refractivity contribution in [3.05, 3.63) is 48.3 Å². The van der Waals surface area contributed by atoms with Gasteiger partial charge in [0.15, 0.2) is 0 Å². The summed E-state index contributed by atoms with van der Waals surface area (Å²) in [4.78, 5) is 4.87. The zero-order valence-corrected chi connectivity index (χ0v) is 17.9. The van der Waals surface area contributed by atoms with Gasteiger partial charge in [-0.25, -0.2) is 0 Å². The van der Waals surface area contributed by atoms with Crippen molar-refractivity contribution in [2.24, 2.45) is 0 Å². The third kappa shape index (κ3) is 8.86. The number of rotatable bonds is 15. The van der Waals surface area contributed by atoms with Crippen molar-refractivity contribution in [3.63, 3.8) is 0 Å². The molecule has 1 aromatic carbocycles. The molecule has 2 nitrogen and oxygen atoms in total. The van der Waals surface area contributed by atoms with Crippen molar-refractivity contribution < 1.29 is 0 Å². The number of benzene rings is 1. The highest BCUT2D eigenvalue weighted by atomic mass is 15.4. The van der Waals surface area contributed by atoms with E-state index in [2.05, 4.69) is 66.5 Å². The van der Waals surface area contributed by atoms with Gasteiger partial charge in [-0.3, -0.25) is 0 Å². The molecular weight excluding hydrogens is 328 g/mol. The molecule has 0 amide bonds. The van der Waals surface area contributed by atoms with Gasteiger partial charge in [0.2, 0.25) is 0 Å². The van der Waals surface area contributed by atoms with Gasteiger partial charge in [-0.05, 0) is 18.4 Å². The molecule has 1 aliphatic heterocycles. The normalized spacial score (nSPS) is 16.4. The van der Waals surface area contributed by atoms with E-state index >= 15 is 0 Å². The monoisotopic (exact) mass is 370 g/mol. The molecule has 0 saturated carbocycles. The molecule has 0 saturated heterocycles. The van der Waals surface area contributed by atoms with E-state index in [0.29, 0.717) is 6.17 Å². The molecule has 0 bridgehead atoms. The lowest BCUT2D eigenvalue weighted by Gasteiger charge is -2.30. The maximum absolute atomic E-state index is 2.49. The molecular formula is C25H42N2. The third-order valence-electron chi connectivity index (χ3n) is 5.87. The van der Waals surface area contributed by atoms with Gasteiger partial charge in [-0.2, -0.15) is 0 Å². The van der Waals surface area contributed by atoms with Gasteiger partial charge in [0.25, 0.3) is 0 Å². The summed E-state index contributed by atoms with van der Waals surface area (Å²) in [5.74, 6) is 0. The van der Waals surface area contributed by atoms with E-state index in [-0.39, 0.29) is 0 Å². The van der Waals surface area contributed by atoms with Crippen LogP contribution in [0.15, 0.2) is 42.7 Å². The lowest BCUT2D eigenvalue weighted by atomic mass is 10.0. The van der Waals surface area contributed by atoms with Gasteiger partial charge in [0.1, 0.15) is 6.17 Å². The predicted octanol–water partition coefficient (Wildman–Crippen LogP) is 7.32. The van der Waals surface area contributed by atoms with Gasteiger partial charge < -0.3 is 9.80 Å². The first-order chi connectivity index (χ1) is 13.3. The number of hydrogen-bond acceptors (Lipinski definition) is 2. The molecule has 0 N–H and O–H groups in total. The van der Waals surface area contributed by atoms with Crippen LogP contribution in [0, 0.1) is 0 Å². The minimum Gasteiger partial charge on any atom is -0.359 e. The lowest BCUT2D eigenvalue weighted by molar-refractivity contribution is 0.155. The highest BCUT2D eigenvalue weighted by molar-refractivity contribution is 5.15. The zero-order valence-electron chi connectivity index (χ0n) is 17.9. The molecule has 0 fully saturated rings. The number of hydrogen-bond donors (Lipinski definition) is 0. The van der Waals surface area contributed by atoms with E-state index < -0.39 is 0 Å². The molecule has 152 valence electrons. The Hall–Kier alpha value is -1.44. The van der Waals surface area contributed by atoms with Gasteiger partial charge in [0, 0.05) is 26.0 Å². The van der Waals surface area contributed by atoms with Crippen LogP contribution in [-0.4, -0.2) is 23.0 Å². The van der Waals surface area contributed by atoms with Crippen molar-refractivity contribution in [1.82, 2.24) is 9.80 Å². The zero-order chi connectivity index (χ0) is 19.2. The Morgan fingerprint density at radius 1 is 0.704 bits per heavy atom. The second-order valence-electron chi connectivity index (χ2n) is 8.28. The smallest absolute Gasteiger partial charge is 0.101 e. The Morgan fingerprint density at radius 3 is 1.85 bits per heavy atom. The average molecular weight is 371 g/mol.